The molecule has 0 aliphatic carbocycles. The van der Waals surface area contributed by atoms with E-state index in [0.29, 0.717) is 13.1 Å². The van der Waals surface area contributed by atoms with E-state index < -0.39 is 10.0 Å². The van der Waals surface area contributed by atoms with Gasteiger partial charge in [0.1, 0.15) is 0 Å². The minimum Gasteiger partial charge on any atom is -0.342 e. The van der Waals surface area contributed by atoms with E-state index in [2.05, 4.69) is 0 Å². The largest absolute Gasteiger partial charge is 0.342 e. The summed E-state index contributed by atoms with van der Waals surface area (Å²) < 4.78 is 25.8. The maximum atomic E-state index is 12.4. The van der Waals surface area contributed by atoms with Gasteiger partial charge in [-0.3, -0.25) is 4.79 Å². The average Bonchev–Trinajstić information content (AvgIpc) is 2.48. The molecule has 1 aromatic carbocycles. The second-order valence-corrected chi connectivity index (χ2v) is 6.51. The van der Waals surface area contributed by atoms with Crippen LogP contribution in [-0.4, -0.2) is 50.2 Å². The molecule has 21 heavy (non-hydrogen) atoms. The molecular formula is C14H19N3O3S. The van der Waals surface area contributed by atoms with Crippen LogP contribution in [-0.2, 0) is 14.8 Å². The molecule has 1 rings (SSSR count). The van der Waals surface area contributed by atoms with Crippen LogP contribution in [0.25, 0.3) is 0 Å². The molecule has 0 unspecified atom stereocenters. The maximum Gasteiger partial charge on any atom is 0.243 e. The topological polar surface area (TPSA) is 81.5 Å². The fourth-order valence-electron chi connectivity index (χ4n) is 1.86. The van der Waals surface area contributed by atoms with E-state index in [0.717, 1.165) is 4.31 Å². The Morgan fingerprint density at radius 1 is 1.29 bits per heavy atom. The van der Waals surface area contributed by atoms with Gasteiger partial charge in [-0.25, -0.2) is 8.42 Å². The Morgan fingerprint density at radius 3 is 2.43 bits per heavy atom. The molecule has 0 saturated heterocycles. The summed E-state index contributed by atoms with van der Waals surface area (Å²) in [6.07, 6.45) is 0. The minimum absolute atomic E-state index is 0.0106. The third-order valence-electron chi connectivity index (χ3n) is 3.15. The Hall–Kier alpha value is -1.91. The zero-order valence-corrected chi connectivity index (χ0v) is 13.2. The number of carbonyl (C=O) groups is 1. The molecule has 0 aromatic heterocycles. The number of nitriles is 1. The lowest BCUT2D eigenvalue weighted by Gasteiger charge is -2.23. The van der Waals surface area contributed by atoms with Gasteiger partial charge in [0.05, 0.1) is 23.1 Å². The summed E-state index contributed by atoms with van der Waals surface area (Å²) >= 11 is 0. The monoisotopic (exact) mass is 309 g/mol. The van der Waals surface area contributed by atoms with Crippen molar-refractivity contribution in [1.82, 2.24) is 9.21 Å². The molecule has 0 N–H and O–H groups in total. The highest BCUT2D eigenvalue weighted by molar-refractivity contribution is 7.89. The highest BCUT2D eigenvalue weighted by Crippen LogP contribution is 2.15. The highest BCUT2D eigenvalue weighted by atomic mass is 32.2. The number of carbonyl (C=O) groups excluding carboxylic acids is 1. The van der Waals surface area contributed by atoms with Gasteiger partial charge in [0.2, 0.25) is 15.9 Å². The van der Waals surface area contributed by atoms with Crippen molar-refractivity contribution in [2.24, 2.45) is 0 Å². The molecule has 0 atom stereocenters. The third-order valence-corrected chi connectivity index (χ3v) is 4.94. The molecule has 0 aliphatic heterocycles. The van der Waals surface area contributed by atoms with Crippen molar-refractivity contribution in [1.29, 1.82) is 5.26 Å². The molecule has 0 saturated carbocycles. The highest BCUT2D eigenvalue weighted by Gasteiger charge is 2.24. The van der Waals surface area contributed by atoms with E-state index in [-0.39, 0.29) is 22.9 Å². The third kappa shape index (κ3) is 4.03. The van der Waals surface area contributed by atoms with Crippen LogP contribution in [0, 0.1) is 11.3 Å². The van der Waals surface area contributed by atoms with Crippen molar-refractivity contribution >= 4 is 15.9 Å². The zero-order chi connectivity index (χ0) is 16.0. The van der Waals surface area contributed by atoms with Crippen molar-refractivity contribution in [3.05, 3.63) is 29.8 Å². The van der Waals surface area contributed by atoms with Gasteiger partial charge in [0.15, 0.2) is 0 Å². The van der Waals surface area contributed by atoms with Gasteiger partial charge in [-0.1, -0.05) is 6.07 Å². The number of sulfonamides is 1. The lowest BCUT2D eigenvalue weighted by atomic mass is 10.2. The lowest BCUT2D eigenvalue weighted by Crippen LogP contribution is -2.40. The number of benzene rings is 1. The van der Waals surface area contributed by atoms with Crippen LogP contribution in [0.5, 0.6) is 0 Å². The van der Waals surface area contributed by atoms with E-state index in [9.17, 15) is 13.2 Å². The van der Waals surface area contributed by atoms with E-state index >= 15 is 0 Å². The van der Waals surface area contributed by atoms with Crippen LogP contribution in [0.15, 0.2) is 29.2 Å². The molecule has 1 amide bonds. The zero-order valence-electron chi connectivity index (χ0n) is 12.4. The Kier molecular flexibility index (Phi) is 5.88. The first kappa shape index (κ1) is 17.1. The Morgan fingerprint density at radius 2 is 1.90 bits per heavy atom. The van der Waals surface area contributed by atoms with Gasteiger partial charge in [-0.2, -0.15) is 9.57 Å². The summed E-state index contributed by atoms with van der Waals surface area (Å²) in [5.74, 6) is -0.248. The van der Waals surface area contributed by atoms with Crippen molar-refractivity contribution in [3.8, 4) is 6.07 Å². The number of nitrogens with zero attached hydrogens (tertiary/aromatic N) is 3. The predicted molar refractivity (Wildman–Crippen MR) is 78.9 cm³/mol. The lowest BCUT2D eigenvalue weighted by molar-refractivity contribution is -0.130. The van der Waals surface area contributed by atoms with Gasteiger partial charge in [0, 0.05) is 20.1 Å². The van der Waals surface area contributed by atoms with Crippen LogP contribution in [0.1, 0.15) is 19.4 Å². The van der Waals surface area contributed by atoms with Crippen LogP contribution in [0.2, 0.25) is 0 Å². The Bertz CT molecular complexity index is 646. The summed E-state index contributed by atoms with van der Waals surface area (Å²) in [6.45, 7) is 4.53. The summed E-state index contributed by atoms with van der Waals surface area (Å²) in [4.78, 5) is 13.6. The fourth-order valence-corrected chi connectivity index (χ4v) is 3.02. The van der Waals surface area contributed by atoms with E-state index in [1.165, 1.54) is 31.3 Å². The van der Waals surface area contributed by atoms with Gasteiger partial charge < -0.3 is 4.90 Å². The Balaban J connectivity index is 2.97. The number of rotatable bonds is 6. The summed E-state index contributed by atoms with van der Waals surface area (Å²) in [6, 6.07) is 7.64. The summed E-state index contributed by atoms with van der Waals surface area (Å²) in [7, 11) is -2.42. The summed E-state index contributed by atoms with van der Waals surface area (Å²) in [5.41, 5.74) is 0.263. The van der Waals surface area contributed by atoms with E-state index in [1.54, 1.807) is 4.90 Å². The van der Waals surface area contributed by atoms with Crippen molar-refractivity contribution in [2.75, 3.05) is 26.7 Å². The standard InChI is InChI=1S/C14H19N3O3S/c1-4-17(5-2)14(18)11-16(3)21(19,20)13-8-6-7-12(9-13)10-15/h6-9H,4-5,11H2,1-3H3. The molecule has 0 heterocycles. The molecule has 6 nitrogen and oxygen atoms in total. The van der Waals surface area contributed by atoms with Crippen molar-refractivity contribution in [2.45, 2.75) is 18.7 Å². The molecular weight excluding hydrogens is 290 g/mol. The molecule has 0 radical (unpaired) electrons. The van der Waals surface area contributed by atoms with Crippen LogP contribution in [0.3, 0.4) is 0 Å². The molecule has 0 spiro atoms. The summed E-state index contributed by atoms with van der Waals surface area (Å²) in [5, 5.41) is 8.83. The number of hydrogen-bond acceptors (Lipinski definition) is 4. The molecule has 0 bridgehead atoms. The SMILES string of the molecule is CCN(CC)C(=O)CN(C)S(=O)(=O)c1cccc(C#N)c1. The fraction of sp³-hybridized carbons (Fsp3) is 0.429. The predicted octanol–water partition coefficient (Wildman–Crippen LogP) is 1.05. The van der Waals surface area contributed by atoms with Gasteiger partial charge >= 0.3 is 0 Å². The van der Waals surface area contributed by atoms with Gasteiger partial charge in [-0.15, -0.1) is 0 Å². The quantitative estimate of drug-likeness (QED) is 0.786. The number of amides is 1. The van der Waals surface area contributed by atoms with Crippen LogP contribution in [0.4, 0.5) is 0 Å². The van der Waals surface area contributed by atoms with Crippen LogP contribution < -0.4 is 0 Å². The maximum absolute atomic E-state index is 12.4. The minimum atomic E-state index is -3.78. The number of hydrogen-bond donors (Lipinski definition) is 0. The molecule has 0 aliphatic rings. The van der Waals surface area contributed by atoms with E-state index in [1.807, 2.05) is 19.9 Å². The van der Waals surface area contributed by atoms with Crippen molar-refractivity contribution in [3.63, 3.8) is 0 Å². The molecule has 7 heteroatoms. The normalized spacial score (nSPS) is 11.2. The Labute approximate surface area is 125 Å². The van der Waals surface area contributed by atoms with Gasteiger partial charge in [-0.05, 0) is 32.0 Å². The van der Waals surface area contributed by atoms with Crippen molar-refractivity contribution < 1.29 is 13.2 Å². The first-order chi connectivity index (χ1) is 9.86. The number of likely N-dealkylation sites (N-methyl/N-ethyl adjacent to an activating group) is 2. The second kappa shape index (κ2) is 7.20. The molecule has 0 fully saturated rings. The van der Waals surface area contributed by atoms with E-state index in [4.69, 9.17) is 5.26 Å². The van der Waals surface area contributed by atoms with Crippen LogP contribution >= 0.6 is 0 Å². The second-order valence-electron chi connectivity index (χ2n) is 4.47. The first-order valence-electron chi connectivity index (χ1n) is 6.61. The molecule has 114 valence electrons. The average molecular weight is 309 g/mol. The smallest absolute Gasteiger partial charge is 0.243 e. The van der Waals surface area contributed by atoms with Gasteiger partial charge in [0.25, 0.3) is 0 Å². The first-order valence-corrected chi connectivity index (χ1v) is 8.05. The molecule has 1 aromatic rings.